The number of hydrazone groups is 1. The number of benzene rings is 2. The summed E-state index contributed by atoms with van der Waals surface area (Å²) >= 11 is 2.22. The summed E-state index contributed by atoms with van der Waals surface area (Å²) in [5, 5.41) is 4.85. The summed E-state index contributed by atoms with van der Waals surface area (Å²) in [6.07, 6.45) is 1.61. The Morgan fingerprint density at radius 3 is 2.71 bits per heavy atom. The van der Waals surface area contributed by atoms with Gasteiger partial charge in [0.15, 0.2) is 5.76 Å². The van der Waals surface area contributed by atoms with Crippen LogP contribution in [0.5, 0.6) is 0 Å². The fraction of sp³-hybridized carbons (Fsp3) is 0. The molecule has 5 heteroatoms. The molecule has 2 aromatic carbocycles. The molecule has 0 unspecified atom stereocenters. The lowest BCUT2D eigenvalue weighted by molar-refractivity contribution is 0.0929. The first-order valence-corrected chi connectivity index (χ1v) is 7.38. The third-order valence-electron chi connectivity index (χ3n) is 2.92. The van der Waals surface area contributed by atoms with Gasteiger partial charge in [-0.1, -0.05) is 36.4 Å². The minimum absolute atomic E-state index is 0.246. The fourth-order valence-corrected chi connectivity index (χ4v) is 2.42. The van der Waals surface area contributed by atoms with E-state index in [4.69, 9.17) is 4.42 Å². The van der Waals surface area contributed by atoms with E-state index in [2.05, 4.69) is 33.1 Å². The number of rotatable bonds is 3. The van der Waals surface area contributed by atoms with Crippen molar-refractivity contribution in [3.05, 3.63) is 69.5 Å². The first-order chi connectivity index (χ1) is 10.2. The van der Waals surface area contributed by atoms with Crippen molar-refractivity contribution in [2.75, 3.05) is 0 Å². The topological polar surface area (TPSA) is 54.6 Å². The van der Waals surface area contributed by atoms with Crippen molar-refractivity contribution in [1.82, 2.24) is 5.43 Å². The number of fused-ring (bicyclic) bond motifs is 1. The van der Waals surface area contributed by atoms with Crippen LogP contribution < -0.4 is 5.43 Å². The van der Waals surface area contributed by atoms with Crippen LogP contribution in [0.15, 0.2) is 64.1 Å². The molecule has 0 aliphatic carbocycles. The lowest BCUT2D eigenvalue weighted by Crippen LogP contribution is -2.16. The molecular formula is C16H11IN2O2. The zero-order chi connectivity index (χ0) is 14.7. The summed E-state index contributed by atoms with van der Waals surface area (Å²) in [6.45, 7) is 0. The second kappa shape index (κ2) is 6.09. The van der Waals surface area contributed by atoms with E-state index in [0.29, 0.717) is 5.58 Å². The predicted octanol–water partition coefficient (Wildman–Crippen LogP) is 3.80. The van der Waals surface area contributed by atoms with Gasteiger partial charge in [0.05, 0.1) is 6.21 Å². The molecule has 0 spiro atoms. The van der Waals surface area contributed by atoms with Gasteiger partial charge in [0.25, 0.3) is 0 Å². The maximum absolute atomic E-state index is 12.0. The summed E-state index contributed by atoms with van der Waals surface area (Å²) in [4.78, 5) is 12.0. The zero-order valence-electron chi connectivity index (χ0n) is 10.9. The molecular weight excluding hydrogens is 379 g/mol. The van der Waals surface area contributed by atoms with E-state index in [1.165, 1.54) is 0 Å². The van der Waals surface area contributed by atoms with Crippen LogP contribution in [-0.4, -0.2) is 12.1 Å². The number of hydrogen-bond acceptors (Lipinski definition) is 3. The van der Waals surface area contributed by atoms with Crippen molar-refractivity contribution in [3.8, 4) is 0 Å². The molecule has 1 N–H and O–H groups in total. The molecule has 0 atom stereocenters. The van der Waals surface area contributed by atoms with E-state index >= 15 is 0 Å². The molecule has 1 heterocycles. The van der Waals surface area contributed by atoms with Crippen molar-refractivity contribution < 1.29 is 9.21 Å². The van der Waals surface area contributed by atoms with Gasteiger partial charge in [0, 0.05) is 14.5 Å². The van der Waals surface area contributed by atoms with Crippen molar-refractivity contribution in [3.63, 3.8) is 0 Å². The molecule has 0 radical (unpaired) electrons. The minimum Gasteiger partial charge on any atom is -0.451 e. The average Bonchev–Trinajstić information content (AvgIpc) is 2.93. The van der Waals surface area contributed by atoms with Crippen LogP contribution >= 0.6 is 22.6 Å². The van der Waals surface area contributed by atoms with Crippen LogP contribution in [-0.2, 0) is 0 Å². The monoisotopic (exact) mass is 390 g/mol. The Hall–Kier alpha value is -2.15. The molecule has 0 saturated heterocycles. The Labute approximate surface area is 135 Å². The highest BCUT2D eigenvalue weighted by atomic mass is 127. The van der Waals surface area contributed by atoms with Gasteiger partial charge in [0.2, 0.25) is 0 Å². The van der Waals surface area contributed by atoms with Crippen molar-refractivity contribution in [2.45, 2.75) is 0 Å². The Balaban J connectivity index is 1.73. The van der Waals surface area contributed by atoms with Gasteiger partial charge in [-0.05, 0) is 40.8 Å². The Morgan fingerprint density at radius 2 is 1.90 bits per heavy atom. The molecule has 104 valence electrons. The fourth-order valence-electron chi connectivity index (χ4n) is 1.89. The number of carbonyl (C=O) groups is 1. The standard InChI is InChI=1S/C16H11IN2O2/c17-13-7-3-1-6-12(13)10-18-19-16(20)15-9-11-5-2-4-8-14(11)21-15/h1-10H,(H,19,20). The van der Waals surface area contributed by atoms with Gasteiger partial charge in [-0.15, -0.1) is 0 Å². The highest BCUT2D eigenvalue weighted by molar-refractivity contribution is 14.1. The largest absolute Gasteiger partial charge is 0.451 e. The van der Waals surface area contributed by atoms with Crippen LogP contribution in [0.25, 0.3) is 11.0 Å². The molecule has 4 nitrogen and oxygen atoms in total. The molecule has 0 saturated carbocycles. The van der Waals surface area contributed by atoms with E-state index in [-0.39, 0.29) is 11.7 Å². The first kappa shape index (κ1) is 13.8. The minimum atomic E-state index is -0.367. The maximum atomic E-state index is 12.0. The van der Waals surface area contributed by atoms with Gasteiger partial charge < -0.3 is 4.42 Å². The van der Waals surface area contributed by atoms with Gasteiger partial charge in [-0.25, -0.2) is 5.43 Å². The number of halogens is 1. The van der Waals surface area contributed by atoms with Crippen LogP contribution in [0.2, 0.25) is 0 Å². The molecule has 3 aromatic rings. The molecule has 0 aliphatic heterocycles. The van der Waals surface area contributed by atoms with Gasteiger partial charge in [-0.3, -0.25) is 4.79 Å². The molecule has 0 fully saturated rings. The van der Waals surface area contributed by atoms with Crippen LogP contribution in [0, 0.1) is 3.57 Å². The Bertz CT molecular complexity index is 791. The molecule has 1 amide bonds. The van der Waals surface area contributed by atoms with E-state index in [1.807, 2.05) is 48.5 Å². The highest BCUT2D eigenvalue weighted by Crippen LogP contribution is 2.18. The third-order valence-corrected chi connectivity index (χ3v) is 3.91. The van der Waals surface area contributed by atoms with E-state index in [1.54, 1.807) is 12.3 Å². The zero-order valence-corrected chi connectivity index (χ0v) is 13.1. The first-order valence-electron chi connectivity index (χ1n) is 6.30. The van der Waals surface area contributed by atoms with Crippen LogP contribution in [0.4, 0.5) is 0 Å². The number of amides is 1. The molecule has 1 aromatic heterocycles. The lowest BCUT2D eigenvalue weighted by Gasteiger charge is -1.97. The molecule has 0 bridgehead atoms. The summed E-state index contributed by atoms with van der Waals surface area (Å²) < 4.78 is 6.54. The number of nitrogens with zero attached hydrogens (tertiary/aromatic N) is 1. The third kappa shape index (κ3) is 3.13. The summed E-state index contributed by atoms with van der Waals surface area (Å²) in [7, 11) is 0. The summed E-state index contributed by atoms with van der Waals surface area (Å²) in [6, 6.07) is 17.0. The number of nitrogens with one attached hydrogen (secondary N) is 1. The molecule has 3 rings (SSSR count). The van der Waals surface area contributed by atoms with E-state index < -0.39 is 0 Å². The Kier molecular flexibility index (Phi) is 4.01. The average molecular weight is 390 g/mol. The predicted molar refractivity (Wildman–Crippen MR) is 90.4 cm³/mol. The normalized spacial score (nSPS) is 11.1. The number of carbonyl (C=O) groups excluding carboxylic acids is 1. The number of hydrogen-bond donors (Lipinski definition) is 1. The number of furan rings is 1. The lowest BCUT2D eigenvalue weighted by atomic mass is 10.2. The Morgan fingerprint density at radius 1 is 1.14 bits per heavy atom. The summed E-state index contributed by atoms with van der Waals surface area (Å²) in [5.41, 5.74) is 4.10. The quantitative estimate of drug-likeness (QED) is 0.420. The second-order valence-electron chi connectivity index (χ2n) is 4.37. The van der Waals surface area contributed by atoms with Crippen LogP contribution in [0.1, 0.15) is 16.1 Å². The smallest absolute Gasteiger partial charge is 0.307 e. The molecule has 21 heavy (non-hydrogen) atoms. The van der Waals surface area contributed by atoms with E-state index in [0.717, 1.165) is 14.5 Å². The maximum Gasteiger partial charge on any atom is 0.307 e. The van der Waals surface area contributed by atoms with Gasteiger partial charge in [0.1, 0.15) is 5.58 Å². The summed E-state index contributed by atoms with van der Waals surface area (Å²) in [5.74, 6) is -0.121. The SMILES string of the molecule is O=C(NN=Cc1ccccc1I)c1cc2ccccc2o1. The highest BCUT2D eigenvalue weighted by Gasteiger charge is 2.10. The van der Waals surface area contributed by atoms with Crippen molar-refractivity contribution >= 4 is 45.7 Å². The van der Waals surface area contributed by atoms with Crippen molar-refractivity contribution in [2.24, 2.45) is 5.10 Å². The van der Waals surface area contributed by atoms with Gasteiger partial charge in [-0.2, -0.15) is 5.10 Å². The van der Waals surface area contributed by atoms with Crippen LogP contribution in [0.3, 0.4) is 0 Å². The van der Waals surface area contributed by atoms with Crippen molar-refractivity contribution in [1.29, 1.82) is 0 Å². The number of para-hydroxylation sites is 1. The van der Waals surface area contributed by atoms with Gasteiger partial charge >= 0.3 is 5.91 Å². The second-order valence-corrected chi connectivity index (χ2v) is 5.53. The molecule has 0 aliphatic rings. The van der Waals surface area contributed by atoms with E-state index in [9.17, 15) is 4.79 Å².